The van der Waals surface area contributed by atoms with Crippen molar-refractivity contribution >= 4 is 31.5 Å². The van der Waals surface area contributed by atoms with Crippen molar-refractivity contribution in [3.8, 4) is 0 Å². The van der Waals surface area contributed by atoms with Gasteiger partial charge in [0.15, 0.2) is 56.6 Å². The minimum Gasteiger partial charge on any atom is -0.254 e. The van der Waals surface area contributed by atoms with Gasteiger partial charge in [-0.2, -0.15) is 0 Å². The number of hydrogen-bond donors (Lipinski definition) is 0. The van der Waals surface area contributed by atoms with Crippen molar-refractivity contribution in [2.75, 3.05) is 6.26 Å². The van der Waals surface area contributed by atoms with Gasteiger partial charge in [0.1, 0.15) is 9.79 Å². The monoisotopic (exact) mass is 480 g/mol. The summed E-state index contributed by atoms with van der Waals surface area (Å²) in [5.41, 5.74) is 0. The summed E-state index contributed by atoms with van der Waals surface area (Å²) in [5.74, 6) is -21.6. The fourth-order valence-corrected chi connectivity index (χ4v) is 3.11. The summed E-state index contributed by atoms with van der Waals surface area (Å²) in [6.45, 7) is 0. The lowest BCUT2D eigenvalue weighted by Gasteiger charge is -2.04. The van der Waals surface area contributed by atoms with E-state index in [9.17, 15) is 52.3 Å². The second kappa shape index (κ2) is 9.22. The van der Waals surface area contributed by atoms with Gasteiger partial charge in [0, 0.05) is 6.26 Å². The Morgan fingerprint density at radius 3 is 0.929 bits per heavy atom. The maximum atomic E-state index is 12.7. The van der Waals surface area contributed by atoms with Crippen LogP contribution in [0.3, 0.4) is 0 Å². The fraction of sp³-hybridized carbons (Fsp3) is 0.0769. The zero-order valence-corrected chi connectivity index (χ0v) is 15.2. The average Bonchev–Trinajstić information content (AvgIpc) is 2.61. The largest absolute Gasteiger partial charge is 0.254 e. The van der Waals surface area contributed by atoms with Crippen LogP contribution >= 0.6 is 10.7 Å². The van der Waals surface area contributed by atoms with Crippen molar-refractivity contribution < 1.29 is 52.3 Å². The second-order valence-electron chi connectivity index (χ2n) is 4.48. The van der Waals surface area contributed by atoms with Gasteiger partial charge in [-0.15, -0.1) is 0 Å². The molecule has 0 spiro atoms. The van der Waals surface area contributed by atoms with Crippen LogP contribution in [0.2, 0.25) is 0 Å². The summed E-state index contributed by atoms with van der Waals surface area (Å²) in [6, 6.07) is 0. The van der Waals surface area contributed by atoms with Gasteiger partial charge in [-0.05, 0) is 10.7 Å². The van der Waals surface area contributed by atoms with Crippen LogP contribution in [0.15, 0.2) is 9.79 Å². The van der Waals surface area contributed by atoms with E-state index in [1.807, 2.05) is 0 Å². The number of rotatable bonds is 2. The van der Waals surface area contributed by atoms with Crippen LogP contribution in [0.5, 0.6) is 0 Å². The van der Waals surface area contributed by atoms with Gasteiger partial charge in [-0.1, -0.05) is 0 Å². The molecule has 0 heterocycles. The summed E-state index contributed by atoms with van der Waals surface area (Å²) in [5, 5.41) is 0. The Bertz CT molecular complexity index is 861. The first-order valence-electron chi connectivity index (χ1n) is 6.19. The van der Waals surface area contributed by atoms with E-state index in [1.54, 1.807) is 0 Å². The lowest BCUT2D eigenvalue weighted by molar-refractivity contribution is 0.359. The Labute approximate surface area is 158 Å². The van der Waals surface area contributed by atoms with Gasteiger partial charge >= 0.3 is 0 Å². The van der Waals surface area contributed by atoms with Gasteiger partial charge in [0.2, 0.25) is 11.6 Å². The van der Waals surface area contributed by atoms with Crippen LogP contribution in [-0.4, -0.2) is 14.7 Å². The van der Waals surface area contributed by atoms with Crippen molar-refractivity contribution in [2.45, 2.75) is 9.79 Å². The minimum absolute atomic E-state index is 0.818. The molecule has 2 aromatic rings. The zero-order valence-electron chi connectivity index (χ0n) is 12.8. The fourth-order valence-electron chi connectivity index (χ4n) is 1.56. The van der Waals surface area contributed by atoms with Crippen molar-refractivity contribution in [1.82, 2.24) is 0 Å². The Balaban J connectivity index is 0.000000280. The molecule has 0 radical (unpaired) electrons. The first-order valence-corrected chi connectivity index (χ1v) is 9.73. The van der Waals surface area contributed by atoms with Crippen molar-refractivity contribution in [2.24, 2.45) is 0 Å². The molecule has 2 atom stereocenters. The molecule has 0 bridgehead atoms. The molecule has 0 aliphatic rings. The number of hydrogen-bond acceptors (Lipinski definition) is 2. The molecule has 156 valence electrons. The van der Waals surface area contributed by atoms with E-state index in [0.717, 1.165) is 6.26 Å². The lowest BCUT2D eigenvalue weighted by atomic mass is 10.3. The molecule has 0 aliphatic heterocycles. The van der Waals surface area contributed by atoms with Crippen LogP contribution in [0.1, 0.15) is 0 Å². The molecular weight excluding hydrogens is 478 g/mol. The molecular formula is C13H3ClF10O2S2. The average molecular weight is 481 g/mol. The molecule has 2 rings (SSSR count). The highest BCUT2D eigenvalue weighted by atomic mass is 35.7. The molecule has 0 saturated heterocycles. The molecule has 2 aromatic carbocycles. The molecule has 0 saturated carbocycles. The predicted molar refractivity (Wildman–Crippen MR) is 77.1 cm³/mol. The van der Waals surface area contributed by atoms with E-state index in [2.05, 4.69) is 0 Å². The lowest BCUT2D eigenvalue weighted by Crippen LogP contribution is -2.07. The van der Waals surface area contributed by atoms with Crippen LogP contribution < -0.4 is 0 Å². The predicted octanol–water partition coefficient (Wildman–Crippen LogP) is 4.76. The quantitative estimate of drug-likeness (QED) is 0.269. The molecule has 0 amide bonds. The standard InChI is InChI=1S/C7H3F5OS.C6ClF5OS/c1-14(13)7-5(11)3(9)2(8)4(10)6(7)12;7-14(13)6-4(11)2(9)1(8)3(10)5(6)12/h1H3;. The van der Waals surface area contributed by atoms with Crippen LogP contribution in [-0.2, 0) is 20.8 Å². The molecule has 0 N–H and O–H groups in total. The maximum absolute atomic E-state index is 12.7. The van der Waals surface area contributed by atoms with Crippen molar-refractivity contribution in [3.05, 3.63) is 58.2 Å². The number of benzene rings is 2. The third-order valence-corrected chi connectivity index (χ3v) is 4.86. The van der Waals surface area contributed by atoms with Gasteiger partial charge in [0.25, 0.3) is 0 Å². The Kier molecular flexibility index (Phi) is 8.02. The molecule has 0 aliphatic carbocycles. The van der Waals surface area contributed by atoms with E-state index < -0.39 is 88.8 Å². The van der Waals surface area contributed by atoms with Crippen LogP contribution in [0, 0.1) is 58.2 Å². The third-order valence-electron chi connectivity index (χ3n) is 2.79. The summed E-state index contributed by atoms with van der Waals surface area (Å²) >= 11 is 0. The van der Waals surface area contributed by atoms with Gasteiger partial charge in [-0.25, -0.2) is 48.1 Å². The highest BCUT2D eigenvalue weighted by molar-refractivity contribution is 8.08. The maximum Gasteiger partial charge on any atom is 0.200 e. The van der Waals surface area contributed by atoms with E-state index in [-0.39, 0.29) is 0 Å². The number of halogens is 11. The SMILES string of the molecule is CS(=O)c1c(F)c(F)c(F)c(F)c1F.O=S(Cl)c1c(F)c(F)c(F)c(F)c1F. The van der Waals surface area contributed by atoms with Gasteiger partial charge < -0.3 is 0 Å². The molecule has 28 heavy (non-hydrogen) atoms. The van der Waals surface area contributed by atoms with Crippen LogP contribution in [0.4, 0.5) is 43.9 Å². The molecule has 0 fully saturated rings. The highest BCUT2D eigenvalue weighted by Crippen LogP contribution is 2.27. The second-order valence-corrected chi connectivity index (χ2v) is 7.49. The Morgan fingerprint density at radius 1 is 0.500 bits per heavy atom. The zero-order chi connectivity index (χ0) is 22.1. The molecule has 15 heteroatoms. The highest BCUT2D eigenvalue weighted by Gasteiger charge is 2.29. The van der Waals surface area contributed by atoms with E-state index >= 15 is 0 Å². The molecule has 2 nitrogen and oxygen atoms in total. The molecule has 0 aromatic heterocycles. The normalized spacial score (nSPS) is 13.0. The summed E-state index contributed by atoms with van der Waals surface area (Å²) < 4.78 is 146. The van der Waals surface area contributed by atoms with E-state index in [1.165, 1.54) is 0 Å². The molecule has 2 unspecified atom stereocenters. The Hall–Kier alpha value is -1.67. The smallest absolute Gasteiger partial charge is 0.200 e. The minimum atomic E-state index is -2.81. The first-order chi connectivity index (χ1) is 12.7. The summed E-state index contributed by atoms with van der Waals surface area (Å²) in [6.07, 6.45) is 0.818. The summed E-state index contributed by atoms with van der Waals surface area (Å²) in [4.78, 5) is -2.84. The van der Waals surface area contributed by atoms with E-state index in [0.29, 0.717) is 0 Å². The Morgan fingerprint density at radius 2 is 0.714 bits per heavy atom. The van der Waals surface area contributed by atoms with E-state index in [4.69, 9.17) is 10.7 Å². The van der Waals surface area contributed by atoms with Gasteiger partial charge in [0.05, 0.1) is 10.8 Å². The third kappa shape index (κ3) is 4.49. The van der Waals surface area contributed by atoms with Crippen molar-refractivity contribution in [1.29, 1.82) is 0 Å². The summed E-state index contributed by atoms with van der Waals surface area (Å²) in [7, 11) is -0.337. The topological polar surface area (TPSA) is 34.1 Å². The van der Waals surface area contributed by atoms with Crippen LogP contribution in [0.25, 0.3) is 0 Å². The van der Waals surface area contributed by atoms with Gasteiger partial charge in [-0.3, -0.25) is 4.21 Å². The first kappa shape index (κ1) is 24.4. The van der Waals surface area contributed by atoms with Crippen molar-refractivity contribution in [3.63, 3.8) is 0 Å².